The summed E-state index contributed by atoms with van der Waals surface area (Å²) in [5.74, 6) is 1.55. The van der Waals surface area contributed by atoms with Crippen molar-refractivity contribution >= 4 is 5.91 Å². The number of nitrogens with one attached hydrogen (secondary N) is 1. The van der Waals surface area contributed by atoms with Crippen molar-refractivity contribution in [1.82, 2.24) is 10.2 Å². The third-order valence-corrected chi connectivity index (χ3v) is 3.49. The average Bonchev–Trinajstić information content (AvgIpc) is 2.56. The van der Waals surface area contributed by atoms with Crippen LogP contribution in [0.1, 0.15) is 6.92 Å². The molecular weight excluding hydrogens is 284 g/mol. The highest BCUT2D eigenvalue weighted by atomic mass is 16.6. The number of para-hydroxylation sites is 2. The van der Waals surface area contributed by atoms with E-state index in [9.17, 15) is 4.79 Å². The van der Waals surface area contributed by atoms with E-state index in [-0.39, 0.29) is 12.0 Å². The lowest BCUT2D eigenvalue weighted by atomic mass is 10.2. The van der Waals surface area contributed by atoms with Gasteiger partial charge in [-0.1, -0.05) is 12.1 Å². The predicted octanol–water partition coefficient (Wildman–Crippen LogP) is 0.911. The van der Waals surface area contributed by atoms with Crippen LogP contribution in [0.2, 0.25) is 0 Å². The van der Waals surface area contributed by atoms with Gasteiger partial charge in [0.25, 0.3) is 0 Å². The zero-order chi connectivity index (χ0) is 15.8. The molecule has 6 nitrogen and oxygen atoms in total. The van der Waals surface area contributed by atoms with E-state index in [0.29, 0.717) is 39.4 Å². The molecule has 122 valence electrons. The van der Waals surface area contributed by atoms with Gasteiger partial charge in [-0.15, -0.1) is 0 Å². The largest absolute Gasteiger partial charge is 0.486 e. The Bertz CT molecular complexity index is 481. The highest BCUT2D eigenvalue weighted by molar-refractivity contribution is 5.78. The molecule has 1 amide bonds. The Morgan fingerprint density at radius 1 is 1.41 bits per heavy atom. The molecular formula is C16H24N2O4. The zero-order valence-electron chi connectivity index (χ0n) is 13.2. The average molecular weight is 308 g/mol. The second-order valence-corrected chi connectivity index (χ2v) is 5.10. The fourth-order valence-electron chi connectivity index (χ4n) is 2.29. The lowest BCUT2D eigenvalue weighted by molar-refractivity contribution is -0.131. The van der Waals surface area contributed by atoms with E-state index >= 15 is 0 Å². The maximum Gasteiger partial charge on any atom is 0.236 e. The number of nitrogens with zero attached hydrogens (tertiary/aromatic N) is 1. The van der Waals surface area contributed by atoms with Crippen molar-refractivity contribution in [3.05, 3.63) is 24.3 Å². The quantitative estimate of drug-likeness (QED) is 0.724. The lowest BCUT2D eigenvalue weighted by Crippen LogP contribution is -2.46. The molecule has 1 aromatic carbocycles. The number of likely N-dealkylation sites (N-methyl/N-ethyl adjacent to an activating group) is 1. The van der Waals surface area contributed by atoms with Crippen LogP contribution in [0.15, 0.2) is 24.3 Å². The molecule has 0 spiro atoms. The van der Waals surface area contributed by atoms with Crippen LogP contribution in [0.3, 0.4) is 0 Å². The standard InChI is InChI=1S/C16H24N2O4/c1-3-18(16(19)10-17-8-9-20-2)11-13-12-21-14-6-4-5-7-15(14)22-13/h4-7,13,17H,3,8-12H2,1-2H3. The highest BCUT2D eigenvalue weighted by Crippen LogP contribution is 2.30. The number of carbonyl (C=O) groups is 1. The van der Waals surface area contributed by atoms with Crippen LogP contribution in [0.4, 0.5) is 0 Å². The number of rotatable bonds is 8. The van der Waals surface area contributed by atoms with Crippen LogP contribution in [0, 0.1) is 0 Å². The molecule has 22 heavy (non-hydrogen) atoms. The summed E-state index contributed by atoms with van der Waals surface area (Å²) in [5, 5.41) is 3.07. The summed E-state index contributed by atoms with van der Waals surface area (Å²) in [4.78, 5) is 14.0. The van der Waals surface area contributed by atoms with Gasteiger partial charge >= 0.3 is 0 Å². The maximum atomic E-state index is 12.2. The molecule has 0 aromatic heterocycles. The number of methoxy groups -OCH3 is 1. The monoisotopic (exact) mass is 308 g/mol. The Labute approximate surface area is 131 Å². The number of hydrogen-bond donors (Lipinski definition) is 1. The topological polar surface area (TPSA) is 60.0 Å². The maximum absolute atomic E-state index is 12.2. The van der Waals surface area contributed by atoms with Gasteiger partial charge in [0.15, 0.2) is 17.6 Å². The van der Waals surface area contributed by atoms with Gasteiger partial charge in [-0.25, -0.2) is 0 Å². The summed E-state index contributed by atoms with van der Waals surface area (Å²) < 4.78 is 16.5. The van der Waals surface area contributed by atoms with Crippen LogP contribution < -0.4 is 14.8 Å². The first-order valence-corrected chi connectivity index (χ1v) is 7.60. The van der Waals surface area contributed by atoms with Crippen molar-refractivity contribution in [2.75, 3.05) is 46.5 Å². The summed E-state index contributed by atoms with van der Waals surface area (Å²) >= 11 is 0. The highest BCUT2D eigenvalue weighted by Gasteiger charge is 2.24. The van der Waals surface area contributed by atoms with Gasteiger partial charge in [0.05, 0.1) is 19.7 Å². The molecule has 1 aromatic rings. The Morgan fingerprint density at radius 3 is 2.91 bits per heavy atom. The van der Waals surface area contributed by atoms with Crippen LogP contribution in [-0.2, 0) is 9.53 Å². The van der Waals surface area contributed by atoms with E-state index < -0.39 is 0 Å². The van der Waals surface area contributed by atoms with E-state index in [1.807, 2.05) is 31.2 Å². The van der Waals surface area contributed by atoms with Crippen molar-refractivity contribution in [2.24, 2.45) is 0 Å². The minimum atomic E-state index is -0.141. The molecule has 1 atom stereocenters. The van der Waals surface area contributed by atoms with Gasteiger partial charge < -0.3 is 24.4 Å². The van der Waals surface area contributed by atoms with Crippen LogP contribution in [0.25, 0.3) is 0 Å². The fourth-order valence-corrected chi connectivity index (χ4v) is 2.29. The zero-order valence-corrected chi connectivity index (χ0v) is 13.2. The van der Waals surface area contributed by atoms with Crippen LogP contribution in [0.5, 0.6) is 11.5 Å². The molecule has 0 radical (unpaired) electrons. The van der Waals surface area contributed by atoms with Crippen molar-refractivity contribution < 1.29 is 19.0 Å². The second kappa shape index (κ2) is 8.60. The molecule has 1 N–H and O–H groups in total. The summed E-state index contributed by atoms with van der Waals surface area (Å²) in [6, 6.07) is 7.59. The van der Waals surface area contributed by atoms with Crippen molar-refractivity contribution in [3.8, 4) is 11.5 Å². The molecule has 1 heterocycles. The van der Waals surface area contributed by atoms with Gasteiger partial charge in [-0.2, -0.15) is 0 Å². The summed E-state index contributed by atoms with van der Waals surface area (Å²) in [6.07, 6.45) is -0.141. The van der Waals surface area contributed by atoms with Gasteiger partial charge in [0.2, 0.25) is 5.91 Å². The van der Waals surface area contributed by atoms with E-state index in [1.165, 1.54) is 0 Å². The first-order valence-electron chi connectivity index (χ1n) is 7.60. The minimum absolute atomic E-state index is 0.0565. The third-order valence-electron chi connectivity index (χ3n) is 3.49. The van der Waals surface area contributed by atoms with Gasteiger partial charge in [-0.05, 0) is 19.1 Å². The minimum Gasteiger partial charge on any atom is -0.486 e. The number of hydrogen-bond acceptors (Lipinski definition) is 5. The molecule has 0 fully saturated rings. The Hall–Kier alpha value is -1.79. The molecule has 6 heteroatoms. The molecule has 1 unspecified atom stereocenters. The number of amides is 1. The van der Waals surface area contributed by atoms with Gasteiger partial charge in [0.1, 0.15) is 6.61 Å². The van der Waals surface area contributed by atoms with Crippen molar-refractivity contribution in [3.63, 3.8) is 0 Å². The van der Waals surface area contributed by atoms with Crippen molar-refractivity contribution in [1.29, 1.82) is 0 Å². The Kier molecular flexibility index (Phi) is 6.48. The number of benzene rings is 1. The molecule has 1 aliphatic rings. The molecule has 2 rings (SSSR count). The molecule has 0 aliphatic carbocycles. The van der Waals surface area contributed by atoms with E-state index in [1.54, 1.807) is 12.0 Å². The van der Waals surface area contributed by atoms with E-state index in [0.717, 1.165) is 11.5 Å². The van der Waals surface area contributed by atoms with Gasteiger partial charge in [0, 0.05) is 20.2 Å². The van der Waals surface area contributed by atoms with Crippen LogP contribution >= 0.6 is 0 Å². The Morgan fingerprint density at radius 2 is 2.18 bits per heavy atom. The smallest absolute Gasteiger partial charge is 0.236 e. The molecule has 1 aliphatic heterocycles. The second-order valence-electron chi connectivity index (χ2n) is 5.10. The van der Waals surface area contributed by atoms with E-state index in [4.69, 9.17) is 14.2 Å². The first kappa shape index (κ1) is 16.6. The number of ether oxygens (including phenoxy) is 3. The summed E-state index contributed by atoms with van der Waals surface area (Å²) in [5.41, 5.74) is 0. The molecule has 0 saturated heterocycles. The first-order chi connectivity index (χ1) is 10.7. The predicted molar refractivity (Wildman–Crippen MR) is 83.4 cm³/mol. The molecule has 0 bridgehead atoms. The third kappa shape index (κ3) is 4.61. The fraction of sp³-hybridized carbons (Fsp3) is 0.562. The normalized spacial score (nSPS) is 16.4. The lowest BCUT2D eigenvalue weighted by Gasteiger charge is -2.31. The summed E-state index contributed by atoms with van der Waals surface area (Å²) in [6.45, 7) is 5.15. The Balaban J connectivity index is 1.82. The van der Waals surface area contributed by atoms with E-state index in [2.05, 4.69) is 5.32 Å². The molecule has 0 saturated carbocycles. The van der Waals surface area contributed by atoms with Gasteiger partial charge in [-0.3, -0.25) is 4.79 Å². The number of fused-ring (bicyclic) bond motifs is 1. The number of carbonyl (C=O) groups excluding carboxylic acids is 1. The van der Waals surface area contributed by atoms with Crippen LogP contribution in [-0.4, -0.2) is 63.4 Å². The van der Waals surface area contributed by atoms with Crippen molar-refractivity contribution in [2.45, 2.75) is 13.0 Å². The summed E-state index contributed by atoms with van der Waals surface area (Å²) in [7, 11) is 1.64. The SMILES string of the molecule is CCN(CC1COc2ccccc2O1)C(=O)CNCCOC.